The van der Waals surface area contributed by atoms with E-state index in [4.69, 9.17) is 4.55 Å². The normalized spacial score (nSPS) is 12.2. The highest BCUT2D eigenvalue weighted by Crippen LogP contribution is 2.17. The van der Waals surface area contributed by atoms with Crippen molar-refractivity contribution in [3.05, 3.63) is 12.7 Å². The molecule has 0 aliphatic rings. The van der Waals surface area contributed by atoms with Crippen LogP contribution in [0.1, 0.15) is 26.7 Å². The predicted octanol–water partition coefficient (Wildman–Crippen LogP) is 0.735. The van der Waals surface area contributed by atoms with Crippen LogP contribution >= 0.6 is 0 Å². The van der Waals surface area contributed by atoms with Gasteiger partial charge in [0.05, 0.1) is 11.3 Å². The number of carbonyl (C=O) groups is 1. The molecule has 15 heavy (non-hydrogen) atoms. The highest BCUT2D eigenvalue weighted by Gasteiger charge is 2.32. The van der Waals surface area contributed by atoms with E-state index in [-0.39, 0.29) is 0 Å². The molecule has 0 saturated heterocycles. The molecule has 0 unspecified atom stereocenters. The fraction of sp³-hybridized carbons (Fsp3) is 0.667. The van der Waals surface area contributed by atoms with E-state index in [1.54, 1.807) is 13.8 Å². The summed E-state index contributed by atoms with van der Waals surface area (Å²) in [5, 5.41) is 2.54. The third-order valence-electron chi connectivity index (χ3n) is 2.39. The summed E-state index contributed by atoms with van der Waals surface area (Å²) in [4.78, 5) is 11.1. The lowest BCUT2D eigenvalue weighted by Gasteiger charge is -2.31. The van der Waals surface area contributed by atoms with Crippen LogP contribution in [-0.2, 0) is 14.9 Å². The molecule has 0 aliphatic carbocycles. The fourth-order valence-corrected chi connectivity index (χ4v) is 2.51. The molecule has 0 aromatic rings. The molecular weight excluding hydrogens is 218 g/mol. The van der Waals surface area contributed by atoms with Crippen LogP contribution in [0, 0.1) is 0 Å². The molecule has 0 fully saturated rings. The van der Waals surface area contributed by atoms with Gasteiger partial charge >= 0.3 is 0 Å². The first-order valence-electron chi connectivity index (χ1n) is 4.68. The van der Waals surface area contributed by atoms with Crippen molar-refractivity contribution >= 4 is 16.0 Å². The van der Waals surface area contributed by atoms with Crippen LogP contribution in [0.3, 0.4) is 0 Å². The quantitative estimate of drug-likeness (QED) is 0.525. The SMILES string of the molecule is C=CC(=O)NC(CC)(CC)CS(=O)(=O)O. The van der Waals surface area contributed by atoms with Crippen molar-refractivity contribution in [2.75, 3.05) is 5.75 Å². The Bertz CT molecular complexity index is 330. The summed E-state index contributed by atoms with van der Waals surface area (Å²) >= 11 is 0. The number of nitrogens with one attached hydrogen (secondary N) is 1. The maximum atomic E-state index is 11.1. The molecule has 0 atom stereocenters. The maximum Gasteiger partial charge on any atom is 0.267 e. The van der Waals surface area contributed by atoms with Gasteiger partial charge in [-0.1, -0.05) is 20.4 Å². The molecule has 0 bridgehead atoms. The molecule has 5 nitrogen and oxygen atoms in total. The average molecular weight is 235 g/mol. The highest BCUT2D eigenvalue weighted by atomic mass is 32.2. The van der Waals surface area contributed by atoms with Gasteiger partial charge in [-0.15, -0.1) is 0 Å². The third kappa shape index (κ3) is 4.94. The van der Waals surface area contributed by atoms with Gasteiger partial charge in [0.15, 0.2) is 0 Å². The van der Waals surface area contributed by atoms with E-state index in [0.29, 0.717) is 12.8 Å². The lowest BCUT2D eigenvalue weighted by Crippen LogP contribution is -2.51. The summed E-state index contributed by atoms with van der Waals surface area (Å²) in [7, 11) is -4.11. The zero-order valence-electron chi connectivity index (χ0n) is 8.99. The summed E-state index contributed by atoms with van der Waals surface area (Å²) in [5.41, 5.74) is -0.918. The molecule has 0 rings (SSSR count). The average Bonchev–Trinajstić information content (AvgIpc) is 2.14. The smallest absolute Gasteiger partial charge is 0.267 e. The van der Waals surface area contributed by atoms with Crippen LogP contribution in [-0.4, -0.2) is 30.2 Å². The Balaban J connectivity index is 4.88. The number of carbonyl (C=O) groups excluding carboxylic acids is 1. The van der Waals surface area contributed by atoms with Crippen LogP contribution in [0.25, 0.3) is 0 Å². The largest absolute Gasteiger partial charge is 0.346 e. The first-order valence-corrected chi connectivity index (χ1v) is 6.29. The number of hydrogen-bond donors (Lipinski definition) is 2. The lowest BCUT2D eigenvalue weighted by molar-refractivity contribution is -0.118. The topological polar surface area (TPSA) is 83.5 Å². The maximum absolute atomic E-state index is 11.1. The minimum atomic E-state index is -4.11. The number of hydrogen-bond acceptors (Lipinski definition) is 3. The van der Waals surface area contributed by atoms with Crippen molar-refractivity contribution in [1.29, 1.82) is 0 Å². The standard InChI is InChI=1S/C9H17NO4S/c1-4-8(11)10-9(5-2,6-3)7-15(12,13)14/h4H,1,5-7H2,2-3H3,(H,10,11)(H,12,13,14). The predicted molar refractivity (Wildman–Crippen MR) is 58.1 cm³/mol. The highest BCUT2D eigenvalue weighted by molar-refractivity contribution is 7.85. The van der Waals surface area contributed by atoms with E-state index in [2.05, 4.69) is 11.9 Å². The van der Waals surface area contributed by atoms with Gasteiger partial charge in [0.2, 0.25) is 5.91 Å². The molecule has 0 aliphatic heterocycles. The fourth-order valence-electron chi connectivity index (χ4n) is 1.33. The lowest BCUT2D eigenvalue weighted by atomic mass is 9.95. The molecule has 0 spiro atoms. The van der Waals surface area contributed by atoms with Gasteiger partial charge in [0.25, 0.3) is 10.1 Å². The Morgan fingerprint density at radius 2 is 1.93 bits per heavy atom. The molecule has 2 N–H and O–H groups in total. The van der Waals surface area contributed by atoms with Crippen molar-refractivity contribution in [2.24, 2.45) is 0 Å². The van der Waals surface area contributed by atoms with Crippen LogP contribution < -0.4 is 5.32 Å². The van der Waals surface area contributed by atoms with Crippen LogP contribution in [0.15, 0.2) is 12.7 Å². The second-order valence-corrected chi connectivity index (χ2v) is 4.86. The Labute approximate surface area is 90.3 Å². The minimum absolute atomic E-state index is 0.420. The molecule has 0 heterocycles. The zero-order chi connectivity index (χ0) is 12.1. The Morgan fingerprint density at radius 3 is 2.20 bits per heavy atom. The van der Waals surface area contributed by atoms with E-state index in [1.807, 2.05) is 0 Å². The Hall–Kier alpha value is -0.880. The number of rotatable bonds is 6. The molecule has 0 aromatic carbocycles. The van der Waals surface area contributed by atoms with E-state index >= 15 is 0 Å². The Kier molecular flexibility index (Phi) is 4.96. The summed E-state index contributed by atoms with van der Waals surface area (Å²) in [5.74, 6) is -0.922. The van der Waals surface area contributed by atoms with E-state index in [0.717, 1.165) is 6.08 Å². The molecule has 0 radical (unpaired) electrons. The van der Waals surface area contributed by atoms with Gasteiger partial charge in [-0.05, 0) is 18.9 Å². The van der Waals surface area contributed by atoms with E-state index in [1.165, 1.54) is 0 Å². The molecular formula is C9H17NO4S. The summed E-state index contributed by atoms with van der Waals surface area (Å²) in [6.45, 7) is 6.78. The van der Waals surface area contributed by atoms with Gasteiger partial charge in [0, 0.05) is 0 Å². The third-order valence-corrected chi connectivity index (χ3v) is 3.30. The van der Waals surface area contributed by atoms with Crippen molar-refractivity contribution in [1.82, 2.24) is 5.32 Å². The van der Waals surface area contributed by atoms with Gasteiger partial charge < -0.3 is 5.32 Å². The van der Waals surface area contributed by atoms with E-state index < -0.39 is 27.3 Å². The van der Waals surface area contributed by atoms with Crippen molar-refractivity contribution in [2.45, 2.75) is 32.2 Å². The van der Waals surface area contributed by atoms with Crippen LogP contribution in [0.5, 0.6) is 0 Å². The number of amides is 1. The van der Waals surface area contributed by atoms with Crippen LogP contribution in [0.4, 0.5) is 0 Å². The molecule has 0 aromatic heterocycles. The monoisotopic (exact) mass is 235 g/mol. The van der Waals surface area contributed by atoms with Crippen LogP contribution in [0.2, 0.25) is 0 Å². The van der Waals surface area contributed by atoms with Gasteiger partial charge in [-0.3, -0.25) is 9.35 Å². The second-order valence-electron chi connectivity index (χ2n) is 3.41. The molecule has 6 heteroatoms. The van der Waals surface area contributed by atoms with E-state index in [9.17, 15) is 13.2 Å². The summed E-state index contributed by atoms with van der Waals surface area (Å²) < 4.78 is 30.4. The van der Waals surface area contributed by atoms with Gasteiger partial charge in [0.1, 0.15) is 0 Å². The zero-order valence-corrected chi connectivity index (χ0v) is 9.80. The summed E-state index contributed by atoms with van der Waals surface area (Å²) in [6.07, 6.45) is 1.91. The van der Waals surface area contributed by atoms with Gasteiger partial charge in [-0.2, -0.15) is 8.42 Å². The Morgan fingerprint density at radius 1 is 1.47 bits per heavy atom. The minimum Gasteiger partial charge on any atom is -0.346 e. The first-order chi connectivity index (χ1) is 6.78. The molecule has 0 saturated carbocycles. The van der Waals surface area contributed by atoms with Crippen molar-refractivity contribution in [3.63, 3.8) is 0 Å². The summed E-state index contributed by atoms with van der Waals surface area (Å²) in [6, 6.07) is 0. The van der Waals surface area contributed by atoms with Crippen molar-refractivity contribution < 1.29 is 17.8 Å². The van der Waals surface area contributed by atoms with Crippen molar-refractivity contribution in [3.8, 4) is 0 Å². The second kappa shape index (κ2) is 5.27. The first kappa shape index (κ1) is 14.1. The molecule has 88 valence electrons. The molecule has 1 amide bonds. The van der Waals surface area contributed by atoms with Gasteiger partial charge in [-0.25, -0.2) is 0 Å².